The van der Waals surface area contributed by atoms with Crippen molar-refractivity contribution >= 4 is 11.9 Å². The summed E-state index contributed by atoms with van der Waals surface area (Å²) < 4.78 is 15.5. The molecule has 0 saturated heterocycles. The minimum atomic E-state index is -0.912. The van der Waals surface area contributed by atoms with Crippen molar-refractivity contribution in [3.05, 3.63) is 53.5 Å². The van der Waals surface area contributed by atoms with Crippen molar-refractivity contribution in [2.45, 2.75) is 26.5 Å². The Morgan fingerprint density at radius 1 is 1.30 bits per heavy atom. The molecule has 2 rings (SSSR count). The molecule has 0 bridgehead atoms. The molecule has 1 aromatic heterocycles. The fourth-order valence-corrected chi connectivity index (χ4v) is 1.96. The third kappa shape index (κ3) is 4.35. The third-order valence-electron chi connectivity index (χ3n) is 3.31. The van der Waals surface area contributed by atoms with Gasteiger partial charge in [-0.1, -0.05) is 6.07 Å². The molecule has 1 amide bonds. The first-order valence-corrected chi connectivity index (χ1v) is 7.17. The van der Waals surface area contributed by atoms with Gasteiger partial charge in [-0.05, 0) is 43.7 Å². The van der Waals surface area contributed by atoms with Gasteiger partial charge in [0.05, 0.1) is 25.5 Å². The summed E-state index contributed by atoms with van der Waals surface area (Å²) in [7, 11) is 1.53. The Bertz CT molecular complexity index is 678. The average molecular weight is 317 g/mol. The van der Waals surface area contributed by atoms with Crippen LogP contribution >= 0.6 is 0 Å². The number of carbonyl (C=O) groups excluding carboxylic acids is 2. The number of hydrogen-bond acceptors (Lipinski definition) is 5. The lowest BCUT2D eigenvalue weighted by Crippen LogP contribution is -2.35. The van der Waals surface area contributed by atoms with Crippen LogP contribution in [0.25, 0.3) is 0 Å². The molecule has 1 atom stereocenters. The number of carbonyl (C=O) groups is 2. The molecule has 1 unspecified atom stereocenters. The van der Waals surface area contributed by atoms with Crippen LogP contribution in [0.15, 0.2) is 41.0 Å². The summed E-state index contributed by atoms with van der Waals surface area (Å²) in [4.78, 5) is 24.0. The van der Waals surface area contributed by atoms with Gasteiger partial charge in [0.15, 0.2) is 6.10 Å². The van der Waals surface area contributed by atoms with Gasteiger partial charge in [-0.2, -0.15) is 0 Å². The Morgan fingerprint density at radius 3 is 2.74 bits per heavy atom. The van der Waals surface area contributed by atoms with Gasteiger partial charge in [-0.3, -0.25) is 4.79 Å². The Labute approximate surface area is 134 Å². The van der Waals surface area contributed by atoms with E-state index in [1.54, 1.807) is 30.3 Å². The SMILES string of the molecule is COc1cc(C(=O)OC(C)C(=O)NCc2ccco2)ccc1C. The second-order valence-corrected chi connectivity index (χ2v) is 5.03. The Hall–Kier alpha value is -2.76. The van der Waals surface area contributed by atoms with Crippen LogP contribution < -0.4 is 10.1 Å². The van der Waals surface area contributed by atoms with E-state index >= 15 is 0 Å². The molecule has 0 aliphatic heterocycles. The fraction of sp³-hybridized carbons (Fsp3) is 0.294. The number of methoxy groups -OCH3 is 1. The van der Waals surface area contributed by atoms with E-state index in [9.17, 15) is 9.59 Å². The maximum Gasteiger partial charge on any atom is 0.339 e. The van der Waals surface area contributed by atoms with Gasteiger partial charge >= 0.3 is 5.97 Å². The van der Waals surface area contributed by atoms with Crippen LogP contribution in [0.4, 0.5) is 0 Å². The van der Waals surface area contributed by atoms with Crippen molar-refractivity contribution in [3.63, 3.8) is 0 Å². The molecule has 6 heteroatoms. The van der Waals surface area contributed by atoms with Crippen LogP contribution in [0.3, 0.4) is 0 Å². The summed E-state index contributed by atoms with van der Waals surface area (Å²) in [5.41, 5.74) is 1.24. The second-order valence-electron chi connectivity index (χ2n) is 5.03. The molecule has 0 saturated carbocycles. The summed E-state index contributed by atoms with van der Waals surface area (Å²) >= 11 is 0. The van der Waals surface area contributed by atoms with Gasteiger partial charge < -0.3 is 19.2 Å². The number of nitrogens with one attached hydrogen (secondary N) is 1. The summed E-state index contributed by atoms with van der Waals surface area (Å²) in [5, 5.41) is 2.64. The number of aryl methyl sites for hydroxylation is 1. The minimum Gasteiger partial charge on any atom is -0.496 e. The Kier molecular flexibility index (Phi) is 5.41. The predicted octanol–water partition coefficient (Wildman–Crippen LogP) is 2.46. The molecule has 0 aliphatic rings. The lowest BCUT2D eigenvalue weighted by molar-refractivity contribution is -0.129. The molecule has 1 aromatic carbocycles. The highest BCUT2D eigenvalue weighted by Gasteiger charge is 2.19. The molecule has 0 spiro atoms. The fourth-order valence-electron chi connectivity index (χ4n) is 1.96. The predicted molar refractivity (Wildman–Crippen MR) is 83.2 cm³/mol. The van der Waals surface area contributed by atoms with Crippen molar-refractivity contribution in [1.82, 2.24) is 5.32 Å². The van der Waals surface area contributed by atoms with Gasteiger partial charge in [0.2, 0.25) is 0 Å². The summed E-state index contributed by atoms with van der Waals surface area (Å²) in [6.07, 6.45) is 0.611. The molecular weight excluding hydrogens is 298 g/mol. The van der Waals surface area contributed by atoms with Crippen LogP contribution in [0.1, 0.15) is 28.6 Å². The van der Waals surface area contributed by atoms with Crippen LogP contribution in [0.5, 0.6) is 5.75 Å². The van der Waals surface area contributed by atoms with Crippen molar-refractivity contribution in [3.8, 4) is 5.75 Å². The van der Waals surface area contributed by atoms with Gasteiger partial charge in [-0.25, -0.2) is 4.79 Å². The molecule has 23 heavy (non-hydrogen) atoms. The van der Waals surface area contributed by atoms with Crippen LogP contribution in [-0.4, -0.2) is 25.1 Å². The van der Waals surface area contributed by atoms with E-state index in [0.717, 1.165) is 5.56 Å². The third-order valence-corrected chi connectivity index (χ3v) is 3.31. The van der Waals surface area contributed by atoms with Gasteiger partial charge in [0.1, 0.15) is 11.5 Å². The lowest BCUT2D eigenvalue weighted by atomic mass is 10.1. The molecule has 1 heterocycles. The maximum absolute atomic E-state index is 12.1. The van der Waals surface area contributed by atoms with Crippen LogP contribution in [0, 0.1) is 6.92 Å². The standard InChI is InChI=1S/C17H19NO5/c1-11-6-7-13(9-15(11)21-3)17(20)23-12(2)16(19)18-10-14-5-4-8-22-14/h4-9,12H,10H2,1-3H3,(H,18,19). The zero-order valence-electron chi connectivity index (χ0n) is 13.3. The first-order chi connectivity index (χ1) is 11.0. The van der Waals surface area contributed by atoms with Crippen LogP contribution in [0.2, 0.25) is 0 Å². The van der Waals surface area contributed by atoms with Gasteiger partial charge in [0, 0.05) is 0 Å². The number of esters is 1. The highest BCUT2D eigenvalue weighted by molar-refractivity contribution is 5.92. The number of amides is 1. The number of ether oxygens (including phenoxy) is 2. The smallest absolute Gasteiger partial charge is 0.339 e. The van der Waals surface area contributed by atoms with E-state index in [1.165, 1.54) is 20.3 Å². The van der Waals surface area contributed by atoms with E-state index in [0.29, 0.717) is 17.1 Å². The summed E-state index contributed by atoms with van der Waals surface area (Å²) in [5.74, 6) is 0.243. The van der Waals surface area contributed by atoms with E-state index < -0.39 is 18.0 Å². The molecule has 0 aliphatic carbocycles. The summed E-state index contributed by atoms with van der Waals surface area (Å²) in [6.45, 7) is 3.63. The van der Waals surface area contributed by atoms with E-state index in [-0.39, 0.29) is 6.54 Å². The first kappa shape index (κ1) is 16.6. The number of benzene rings is 1. The lowest BCUT2D eigenvalue weighted by Gasteiger charge is -2.13. The highest BCUT2D eigenvalue weighted by atomic mass is 16.5. The van der Waals surface area contributed by atoms with E-state index in [4.69, 9.17) is 13.9 Å². The zero-order valence-corrected chi connectivity index (χ0v) is 13.3. The first-order valence-electron chi connectivity index (χ1n) is 7.17. The monoisotopic (exact) mass is 317 g/mol. The van der Waals surface area contributed by atoms with Crippen molar-refractivity contribution in [2.75, 3.05) is 7.11 Å². The number of rotatable bonds is 6. The quantitative estimate of drug-likeness (QED) is 0.828. The number of furan rings is 1. The minimum absolute atomic E-state index is 0.242. The van der Waals surface area contributed by atoms with Crippen molar-refractivity contribution in [2.24, 2.45) is 0 Å². The average Bonchev–Trinajstić information content (AvgIpc) is 3.06. The zero-order chi connectivity index (χ0) is 16.8. The molecule has 2 aromatic rings. The topological polar surface area (TPSA) is 77.8 Å². The van der Waals surface area contributed by atoms with Crippen LogP contribution in [-0.2, 0) is 16.1 Å². The molecule has 0 fully saturated rings. The van der Waals surface area contributed by atoms with E-state index in [1.807, 2.05) is 6.92 Å². The van der Waals surface area contributed by atoms with Crippen molar-refractivity contribution in [1.29, 1.82) is 0 Å². The summed E-state index contributed by atoms with van der Waals surface area (Å²) in [6, 6.07) is 8.46. The normalized spacial score (nSPS) is 11.6. The molecule has 6 nitrogen and oxygen atoms in total. The van der Waals surface area contributed by atoms with E-state index in [2.05, 4.69) is 5.32 Å². The van der Waals surface area contributed by atoms with Crippen molar-refractivity contribution < 1.29 is 23.5 Å². The second kappa shape index (κ2) is 7.49. The van der Waals surface area contributed by atoms with Gasteiger partial charge in [-0.15, -0.1) is 0 Å². The molecule has 0 radical (unpaired) electrons. The number of hydrogen-bond donors (Lipinski definition) is 1. The highest BCUT2D eigenvalue weighted by Crippen LogP contribution is 2.19. The maximum atomic E-state index is 12.1. The largest absolute Gasteiger partial charge is 0.496 e. The molecule has 122 valence electrons. The van der Waals surface area contributed by atoms with Gasteiger partial charge in [0.25, 0.3) is 5.91 Å². The Balaban J connectivity index is 1.92. The molecule has 1 N–H and O–H groups in total. The Morgan fingerprint density at radius 2 is 2.09 bits per heavy atom. The molecular formula is C17H19NO5.